The quantitative estimate of drug-likeness (QED) is 0.572. The summed E-state index contributed by atoms with van der Waals surface area (Å²) in [5, 5.41) is 2.84. The minimum atomic E-state index is -0.0129. The number of hydrogen-bond donors (Lipinski definition) is 0. The standard InChI is InChI=1S/C20H19NO3S/c1-14-7-9-17(10-8-14)23-12-20-21-16(13-25-20)11-24-19-6-4-3-5-18(19)15(2)22/h3-10,13H,11-12H2,1-2H3. The average Bonchev–Trinajstić information content (AvgIpc) is 3.07. The molecule has 0 radical (unpaired) electrons. The number of para-hydroxylation sites is 1. The SMILES string of the molecule is CC(=O)c1ccccc1OCc1csc(COc2ccc(C)cc2)n1. The zero-order valence-electron chi connectivity index (χ0n) is 14.2. The second kappa shape index (κ2) is 7.94. The molecule has 3 aromatic rings. The number of ether oxygens (including phenoxy) is 2. The molecule has 0 N–H and O–H groups in total. The number of rotatable bonds is 7. The van der Waals surface area contributed by atoms with Gasteiger partial charge in [0.25, 0.3) is 0 Å². The Kier molecular flexibility index (Phi) is 5.46. The highest BCUT2D eigenvalue weighted by molar-refractivity contribution is 7.09. The van der Waals surface area contributed by atoms with E-state index in [9.17, 15) is 4.79 Å². The summed E-state index contributed by atoms with van der Waals surface area (Å²) in [7, 11) is 0. The second-order valence-corrected chi connectivity index (χ2v) is 6.62. The van der Waals surface area contributed by atoms with Crippen molar-refractivity contribution in [3.05, 3.63) is 75.7 Å². The highest BCUT2D eigenvalue weighted by atomic mass is 32.1. The normalized spacial score (nSPS) is 10.5. The van der Waals surface area contributed by atoms with Crippen molar-refractivity contribution in [2.75, 3.05) is 0 Å². The molecule has 3 rings (SSSR count). The van der Waals surface area contributed by atoms with Crippen LogP contribution in [0.25, 0.3) is 0 Å². The molecule has 0 aliphatic carbocycles. The van der Waals surface area contributed by atoms with Crippen molar-refractivity contribution in [2.24, 2.45) is 0 Å². The van der Waals surface area contributed by atoms with Crippen molar-refractivity contribution in [2.45, 2.75) is 27.1 Å². The summed E-state index contributed by atoms with van der Waals surface area (Å²) in [5.41, 5.74) is 2.61. The number of carbonyl (C=O) groups excluding carboxylic acids is 1. The number of thiazole rings is 1. The predicted molar refractivity (Wildman–Crippen MR) is 98.4 cm³/mol. The molecule has 0 saturated carbocycles. The maximum absolute atomic E-state index is 11.6. The van der Waals surface area contributed by atoms with Crippen LogP contribution in [0.4, 0.5) is 0 Å². The Labute approximate surface area is 151 Å². The number of nitrogens with zero attached hydrogens (tertiary/aromatic N) is 1. The lowest BCUT2D eigenvalue weighted by Crippen LogP contribution is -2.02. The van der Waals surface area contributed by atoms with Crippen molar-refractivity contribution < 1.29 is 14.3 Å². The van der Waals surface area contributed by atoms with Gasteiger partial charge in [-0.05, 0) is 38.1 Å². The molecule has 0 bridgehead atoms. The Morgan fingerprint density at radius 2 is 1.80 bits per heavy atom. The van der Waals surface area contributed by atoms with Crippen molar-refractivity contribution in [3.63, 3.8) is 0 Å². The van der Waals surface area contributed by atoms with Crippen LogP contribution in [0.1, 0.15) is 33.5 Å². The number of Topliss-reactive ketones (excluding diaryl/α,β-unsaturated/α-hetero) is 1. The first-order valence-corrected chi connectivity index (χ1v) is 8.85. The Morgan fingerprint density at radius 3 is 2.56 bits per heavy atom. The molecule has 0 atom stereocenters. The van der Waals surface area contributed by atoms with Crippen LogP contribution in [0, 0.1) is 6.92 Å². The Bertz CT molecular complexity index is 855. The van der Waals surface area contributed by atoms with E-state index in [1.807, 2.05) is 48.7 Å². The van der Waals surface area contributed by atoms with Crippen LogP contribution in [-0.4, -0.2) is 10.8 Å². The third kappa shape index (κ3) is 4.67. The van der Waals surface area contributed by atoms with E-state index in [-0.39, 0.29) is 5.78 Å². The molecule has 0 spiro atoms. The van der Waals surface area contributed by atoms with Crippen LogP contribution in [-0.2, 0) is 13.2 Å². The van der Waals surface area contributed by atoms with Crippen molar-refractivity contribution in [1.29, 1.82) is 0 Å². The molecule has 1 aromatic heterocycles. The lowest BCUT2D eigenvalue weighted by molar-refractivity contribution is 0.101. The lowest BCUT2D eigenvalue weighted by atomic mass is 10.1. The third-order valence-electron chi connectivity index (χ3n) is 3.62. The van der Waals surface area contributed by atoms with Crippen LogP contribution in [0.5, 0.6) is 11.5 Å². The molecule has 0 saturated heterocycles. The molecule has 128 valence electrons. The summed E-state index contributed by atoms with van der Waals surface area (Å²) in [4.78, 5) is 16.1. The largest absolute Gasteiger partial charge is 0.487 e. The lowest BCUT2D eigenvalue weighted by Gasteiger charge is -2.08. The van der Waals surface area contributed by atoms with E-state index in [1.54, 1.807) is 12.1 Å². The fraction of sp³-hybridized carbons (Fsp3) is 0.200. The summed E-state index contributed by atoms with van der Waals surface area (Å²) < 4.78 is 11.5. The van der Waals surface area contributed by atoms with Gasteiger partial charge >= 0.3 is 0 Å². The van der Waals surface area contributed by atoms with Gasteiger partial charge in [-0.2, -0.15) is 0 Å². The van der Waals surface area contributed by atoms with Crippen molar-refractivity contribution in [1.82, 2.24) is 4.98 Å². The number of benzene rings is 2. The summed E-state index contributed by atoms with van der Waals surface area (Å²) >= 11 is 1.53. The Hall–Kier alpha value is -2.66. The number of aryl methyl sites for hydroxylation is 1. The van der Waals surface area contributed by atoms with E-state index < -0.39 is 0 Å². The minimum Gasteiger partial charge on any atom is -0.487 e. The van der Waals surface area contributed by atoms with E-state index in [2.05, 4.69) is 4.98 Å². The molecular weight excluding hydrogens is 334 g/mol. The maximum Gasteiger partial charge on any atom is 0.163 e. The fourth-order valence-electron chi connectivity index (χ4n) is 2.30. The number of hydrogen-bond acceptors (Lipinski definition) is 5. The first kappa shape index (κ1) is 17.2. The molecule has 0 fully saturated rings. The summed E-state index contributed by atoms with van der Waals surface area (Å²) in [6, 6.07) is 15.2. The number of aromatic nitrogens is 1. The van der Waals surface area contributed by atoms with Crippen LogP contribution >= 0.6 is 11.3 Å². The first-order valence-electron chi connectivity index (χ1n) is 7.97. The minimum absolute atomic E-state index is 0.0129. The molecule has 4 nitrogen and oxygen atoms in total. The summed E-state index contributed by atoms with van der Waals surface area (Å²) in [6.45, 7) is 4.33. The van der Waals surface area contributed by atoms with Crippen LogP contribution in [0.3, 0.4) is 0 Å². The van der Waals surface area contributed by atoms with E-state index in [1.165, 1.54) is 23.8 Å². The average molecular weight is 353 g/mol. The van der Waals surface area contributed by atoms with E-state index in [0.717, 1.165) is 16.5 Å². The molecule has 0 aliphatic rings. The smallest absolute Gasteiger partial charge is 0.163 e. The zero-order chi connectivity index (χ0) is 17.6. The van der Waals surface area contributed by atoms with Gasteiger partial charge < -0.3 is 9.47 Å². The molecule has 0 aliphatic heterocycles. The molecule has 0 amide bonds. The van der Waals surface area contributed by atoms with Gasteiger partial charge in [0.1, 0.15) is 29.7 Å². The van der Waals surface area contributed by atoms with Gasteiger partial charge in [-0.3, -0.25) is 4.79 Å². The van der Waals surface area contributed by atoms with Crippen molar-refractivity contribution in [3.8, 4) is 11.5 Å². The molecular formula is C20H19NO3S. The number of ketones is 1. The Morgan fingerprint density at radius 1 is 1.04 bits per heavy atom. The molecule has 1 heterocycles. The third-order valence-corrected chi connectivity index (χ3v) is 4.50. The van der Waals surface area contributed by atoms with Gasteiger partial charge in [-0.15, -0.1) is 11.3 Å². The summed E-state index contributed by atoms with van der Waals surface area (Å²) in [5.74, 6) is 1.40. The van der Waals surface area contributed by atoms with E-state index in [4.69, 9.17) is 9.47 Å². The Balaban J connectivity index is 1.57. The molecule has 5 heteroatoms. The number of carbonyl (C=O) groups is 1. The van der Waals surface area contributed by atoms with Gasteiger partial charge in [0.05, 0.1) is 11.3 Å². The van der Waals surface area contributed by atoms with Gasteiger partial charge in [0.2, 0.25) is 0 Å². The van der Waals surface area contributed by atoms with Crippen LogP contribution < -0.4 is 9.47 Å². The topological polar surface area (TPSA) is 48.4 Å². The maximum atomic E-state index is 11.6. The van der Waals surface area contributed by atoms with E-state index >= 15 is 0 Å². The fourth-order valence-corrected chi connectivity index (χ4v) is 2.99. The zero-order valence-corrected chi connectivity index (χ0v) is 15.0. The van der Waals surface area contributed by atoms with E-state index in [0.29, 0.717) is 24.5 Å². The molecule has 25 heavy (non-hydrogen) atoms. The predicted octanol–water partition coefficient (Wildman–Crippen LogP) is 4.81. The van der Waals surface area contributed by atoms with Gasteiger partial charge in [-0.1, -0.05) is 29.8 Å². The first-order chi connectivity index (χ1) is 12.1. The summed E-state index contributed by atoms with van der Waals surface area (Å²) in [6.07, 6.45) is 0. The van der Waals surface area contributed by atoms with Crippen LogP contribution in [0.2, 0.25) is 0 Å². The van der Waals surface area contributed by atoms with Crippen LogP contribution in [0.15, 0.2) is 53.9 Å². The monoisotopic (exact) mass is 353 g/mol. The molecule has 2 aromatic carbocycles. The highest BCUT2D eigenvalue weighted by Crippen LogP contribution is 2.21. The molecule has 0 unspecified atom stereocenters. The van der Waals surface area contributed by atoms with Gasteiger partial charge in [0.15, 0.2) is 5.78 Å². The van der Waals surface area contributed by atoms with Crippen molar-refractivity contribution >= 4 is 17.1 Å². The van der Waals surface area contributed by atoms with Gasteiger partial charge in [0, 0.05) is 5.38 Å². The highest BCUT2D eigenvalue weighted by Gasteiger charge is 2.09. The van der Waals surface area contributed by atoms with Gasteiger partial charge in [-0.25, -0.2) is 4.98 Å². The second-order valence-electron chi connectivity index (χ2n) is 5.68.